The fourth-order valence-corrected chi connectivity index (χ4v) is 3.98. The Hall–Kier alpha value is -2.72. The largest absolute Gasteiger partial charge is 0.511 e. The Balaban J connectivity index is 1.90. The number of halogens is 2. The average Bonchev–Trinajstić information content (AvgIpc) is 3.43. The minimum Gasteiger partial charge on any atom is -0.449 e. The van der Waals surface area contributed by atoms with Gasteiger partial charge in [0.15, 0.2) is 11.6 Å². The van der Waals surface area contributed by atoms with Crippen LogP contribution in [0, 0.1) is 11.6 Å². The number of nitrogens with zero attached hydrogens (tertiary/aromatic N) is 2. The first-order valence-corrected chi connectivity index (χ1v) is 9.28. The molecule has 2 aromatic rings. The minimum absolute atomic E-state index is 0.0477. The van der Waals surface area contributed by atoms with E-state index < -0.39 is 29.0 Å². The van der Waals surface area contributed by atoms with Gasteiger partial charge in [0.25, 0.3) is 0 Å². The molecule has 2 aliphatic rings. The topological polar surface area (TPSA) is 93.0 Å². The Kier molecular flexibility index (Phi) is 4.91. The number of fused-ring (bicyclic) bond motifs is 1. The molecule has 4 rings (SSSR count). The molecule has 1 aliphatic carbocycles. The van der Waals surface area contributed by atoms with E-state index in [1.165, 1.54) is 10.8 Å². The zero-order valence-electron chi connectivity index (χ0n) is 15.9. The summed E-state index contributed by atoms with van der Waals surface area (Å²) in [7, 11) is 3.29. The number of carbonyl (C=O) groups is 1. The summed E-state index contributed by atoms with van der Waals surface area (Å²) in [5, 5.41) is 11.7. The van der Waals surface area contributed by atoms with Crippen LogP contribution in [0.4, 0.5) is 19.3 Å². The van der Waals surface area contributed by atoms with E-state index in [-0.39, 0.29) is 41.3 Å². The summed E-state index contributed by atoms with van der Waals surface area (Å²) >= 11 is 0. The van der Waals surface area contributed by atoms with Crippen LogP contribution < -0.4 is 20.4 Å². The number of ether oxygens (including phenoxy) is 2. The quantitative estimate of drug-likeness (QED) is 0.731. The SMILES string of the molecule is CN[C@H]1CN(c2c(F)cc3c(=O)c(OC(=O)O)cn(C4CC4)c3c2F)C[C@@H]1OC. The number of likely N-dealkylation sites (N-methyl/N-ethyl adjacent to an activating group) is 1. The molecule has 2 N–H and O–H groups in total. The lowest BCUT2D eigenvalue weighted by atomic mass is 10.1. The molecular weight excluding hydrogens is 388 g/mol. The predicted molar refractivity (Wildman–Crippen MR) is 101 cm³/mol. The van der Waals surface area contributed by atoms with E-state index in [0.717, 1.165) is 18.9 Å². The van der Waals surface area contributed by atoms with Crippen molar-refractivity contribution in [2.75, 3.05) is 32.1 Å². The van der Waals surface area contributed by atoms with Gasteiger partial charge >= 0.3 is 6.16 Å². The first-order chi connectivity index (χ1) is 13.8. The van der Waals surface area contributed by atoms with Gasteiger partial charge in [0.05, 0.1) is 29.2 Å². The zero-order valence-corrected chi connectivity index (χ0v) is 15.9. The van der Waals surface area contributed by atoms with Gasteiger partial charge in [-0.15, -0.1) is 0 Å². The van der Waals surface area contributed by atoms with E-state index in [2.05, 4.69) is 10.1 Å². The molecule has 1 aromatic heterocycles. The second-order valence-electron chi connectivity index (χ2n) is 7.32. The average molecular weight is 409 g/mol. The smallest absolute Gasteiger partial charge is 0.449 e. The molecule has 1 saturated carbocycles. The second kappa shape index (κ2) is 7.27. The number of hydrogen-bond acceptors (Lipinski definition) is 6. The maximum Gasteiger partial charge on any atom is 0.511 e. The first-order valence-electron chi connectivity index (χ1n) is 9.28. The zero-order chi connectivity index (χ0) is 20.9. The van der Waals surface area contributed by atoms with Gasteiger partial charge in [0.2, 0.25) is 5.43 Å². The number of pyridine rings is 1. The van der Waals surface area contributed by atoms with Crippen LogP contribution in [0.5, 0.6) is 5.75 Å². The number of benzene rings is 1. The lowest BCUT2D eigenvalue weighted by molar-refractivity contribution is 0.0996. The number of carboxylic acid groups (broad SMARTS) is 1. The van der Waals surface area contributed by atoms with E-state index in [1.54, 1.807) is 19.1 Å². The van der Waals surface area contributed by atoms with E-state index in [0.29, 0.717) is 6.54 Å². The number of methoxy groups -OCH3 is 1. The summed E-state index contributed by atoms with van der Waals surface area (Å²) in [6.45, 7) is 0.622. The van der Waals surface area contributed by atoms with E-state index in [4.69, 9.17) is 9.84 Å². The van der Waals surface area contributed by atoms with Crippen LogP contribution >= 0.6 is 0 Å². The van der Waals surface area contributed by atoms with Crippen LogP contribution in [0.3, 0.4) is 0 Å². The molecule has 1 aromatic carbocycles. The molecule has 0 unspecified atom stereocenters. The lowest BCUT2D eigenvalue weighted by Gasteiger charge is -2.22. The van der Waals surface area contributed by atoms with Crippen LogP contribution in [0.15, 0.2) is 17.1 Å². The Labute approximate surface area is 164 Å². The maximum atomic E-state index is 15.6. The molecule has 0 amide bonds. The van der Waals surface area contributed by atoms with Crippen molar-refractivity contribution < 1.29 is 28.2 Å². The Morgan fingerprint density at radius 2 is 2.03 bits per heavy atom. The molecule has 1 aliphatic heterocycles. The summed E-state index contributed by atoms with van der Waals surface area (Å²) in [6.07, 6.45) is 0.773. The fourth-order valence-electron chi connectivity index (χ4n) is 3.98. The lowest BCUT2D eigenvalue weighted by Crippen LogP contribution is -2.37. The molecule has 8 nitrogen and oxygen atoms in total. The van der Waals surface area contributed by atoms with Gasteiger partial charge < -0.3 is 29.4 Å². The van der Waals surface area contributed by atoms with Crippen molar-refractivity contribution in [3.8, 4) is 5.75 Å². The molecule has 10 heteroatoms. The van der Waals surface area contributed by atoms with Crippen molar-refractivity contribution in [3.63, 3.8) is 0 Å². The van der Waals surface area contributed by atoms with Gasteiger partial charge in [0.1, 0.15) is 11.5 Å². The molecule has 2 fully saturated rings. The molecule has 0 bridgehead atoms. The first kappa shape index (κ1) is 19.6. The van der Waals surface area contributed by atoms with Crippen molar-refractivity contribution in [2.45, 2.75) is 31.0 Å². The summed E-state index contributed by atoms with van der Waals surface area (Å²) in [4.78, 5) is 25.1. The van der Waals surface area contributed by atoms with Crippen LogP contribution in [0.1, 0.15) is 18.9 Å². The Morgan fingerprint density at radius 1 is 1.31 bits per heavy atom. The third-order valence-electron chi connectivity index (χ3n) is 5.54. The molecule has 156 valence electrons. The molecule has 2 atom stereocenters. The monoisotopic (exact) mass is 409 g/mol. The number of hydrogen-bond donors (Lipinski definition) is 2. The van der Waals surface area contributed by atoms with Gasteiger partial charge in [-0.3, -0.25) is 4.79 Å². The van der Waals surface area contributed by atoms with Crippen LogP contribution in [-0.2, 0) is 4.74 Å². The molecule has 0 spiro atoms. The summed E-state index contributed by atoms with van der Waals surface area (Å²) in [5.41, 5.74) is -1.14. The number of nitrogens with one attached hydrogen (secondary N) is 1. The predicted octanol–water partition coefficient (Wildman–Crippen LogP) is 2.09. The summed E-state index contributed by atoms with van der Waals surface area (Å²) in [5.74, 6) is -2.22. The van der Waals surface area contributed by atoms with Crippen molar-refractivity contribution >= 4 is 22.7 Å². The van der Waals surface area contributed by atoms with Crippen LogP contribution in [-0.4, -0.2) is 55.2 Å². The second-order valence-corrected chi connectivity index (χ2v) is 7.32. The van der Waals surface area contributed by atoms with Gasteiger partial charge in [-0.1, -0.05) is 0 Å². The Bertz CT molecular complexity index is 1020. The number of anilines is 1. The summed E-state index contributed by atoms with van der Waals surface area (Å²) < 4.78 is 42.0. The van der Waals surface area contributed by atoms with Gasteiger partial charge in [-0.25, -0.2) is 13.6 Å². The standard InChI is InChI=1S/C19H21F2N3O5/c1-22-12-6-23(7-13(12)28-2)17-11(20)5-10-16(15(17)21)24(9-3-4-9)8-14(18(10)25)29-19(26)27/h5,8-9,12-13,22H,3-4,6-7H2,1-2H3,(H,26,27)/t12-,13-/m0/s1. The normalized spacial score (nSPS) is 21.7. The molecule has 29 heavy (non-hydrogen) atoms. The molecule has 0 radical (unpaired) electrons. The van der Waals surface area contributed by atoms with Gasteiger partial charge in [0, 0.05) is 26.2 Å². The molecular formula is C19H21F2N3O5. The van der Waals surface area contributed by atoms with Gasteiger partial charge in [-0.05, 0) is 26.0 Å². The van der Waals surface area contributed by atoms with Crippen molar-refractivity contribution in [1.29, 1.82) is 0 Å². The molecule has 2 heterocycles. The highest BCUT2D eigenvalue weighted by atomic mass is 19.1. The highest BCUT2D eigenvalue weighted by Gasteiger charge is 2.36. The fraction of sp³-hybridized carbons (Fsp3) is 0.474. The third-order valence-corrected chi connectivity index (χ3v) is 5.54. The summed E-state index contributed by atoms with van der Waals surface area (Å²) in [6, 6.07) is 0.752. The van der Waals surface area contributed by atoms with Crippen LogP contribution in [0.25, 0.3) is 10.9 Å². The van der Waals surface area contributed by atoms with Gasteiger partial charge in [-0.2, -0.15) is 0 Å². The van der Waals surface area contributed by atoms with Crippen molar-refractivity contribution in [3.05, 3.63) is 34.1 Å². The van der Waals surface area contributed by atoms with Crippen LogP contribution in [0.2, 0.25) is 0 Å². The number of rotatable bonds is 5. The van der Waals surface area contributed by atoms with E-state index in [1.807, 2.05) is 0 Å². The van der Waals surface area contributed by atoms with Crippen molar-refractivity contribution in [1.82, 2.24) is 9.88 Å². The highest BCUT2D eigenvalue weighted by molar-refractivity contribution is 5.86. The third kappa shape index (κ3) is 3.32. The number of aromatic nitrogens is 1. The van der Waals surface area contributed by atoms with E-state index >= 15 is 4.39 Å². The molecule has 1 saturated heterocycles. The minimum atomic E-state index is -1.66. The van der Waals surface area contributed by atoms with E-state index in [9.17, 15) is 14.0 Å². The maximum absolute atomic E-state index is 15.6. The highest BCUT2D eigenvalue weighted by Crippen LogP contribution is 2.40. The van der Waals surface area contributed by atoms with Crippen molar-refractivity contribution in [2.24, 2.45) is 0 Å². The Morgan fingerprint density at radius 3 is 2.59 bits per heavy atom.